The highest BCUT2D eigenvalue weighted by molar-refractivity contribution is 6.42. The maximum atomic E-state index is 12.6. The second-order valence-corrected chi connectivity index (χ2v) is 6.18. The monoisotopic (exact) mass is 380 g/mol. The molecule has 25 heavy (non-hydrogen) atoms. The molecule has 1 unspecified atom stereocenters. The quantitative estimate of drug-likeness (QED) is 0.820. The summed E-state index contributed by atoms with van der Waals surface area (Å²) in [4.78, 5) is 25.6. The largest absolute Gasteiger partial charge is 0.464 e. The molecule has 1 amide bonds. The number of carbonyl (C=O) groups excluding carboxylic acids is 2. The third-order valence-corrected chi connectivity index (χ3v) is 4.54. The summed E-state index contributed by atoms with van der Waals surface area (Å²) < 4.78 is 4.56. The molecule has 0 bridgehead atoms. The fraction of sp³-hybridized carbons (Fsp3) is 0.250. The van der Waals surface area contributed by atoms with E-state index in [9.17, 15) is 9.59 Å². The van der Waals surface area contributed by atoms with E-state index in [1.165, 1.54) is 13.2 Å². The number of carbonyl (C=O) groups is 2. The van der Waals surface area contributed by atoms with Gasteiger partial charge in [-0.05, 0) is 36.8 Å². The molecule has 1 aromatic carbocycles. The van der Waals surface area contributed by atoms with Crippen LogP contribution in [0.15, 0.2) is 30.3 Å². The van der Waals surface area contributed by atoms with Crippen molar-refractivity contribution in [1.29, 1.82) is 0 Å². The lowest BCUT2D eigenvalue weighted by Gasteiger charge is -2.18. The van der Waals surface area contributed by atoms with Crippen LogP contribution in [-0.4, -0.2) is 41.8 Å². The smallest absolute Gasteiger partial charge is 0.358 e. The van der Waals surface area contributed by atoms with Gasteiger partial charge in [-0.15, -0.1) is 10.2 Å². The van der Waals surface area contributed by atoms with Gasteiger partial charge < -0.3 is 15.0 Å². The van der Waals surface area contributed by atoms with Crippen molar-refractivity contribution >= 4 is 46.6 Å². The molecule has 0 aliphatic carbocycles. The molecule has 0 radical (unpaired) electrons. The molecule has 1 saturated heterocycles. The van der Waals surface area contributed by atoms with Gasteiger partial charge in [0, 0.05) is 12.2 Å². The van der Waals surface area contributed by atoms with Crippen LogP contribution in [0.5, 0.6) is 0 Å². The number of nitrogens with zero attached hydrogens (tertiary/aromatic N) is 3. The molecule has 2 aromatic rings. The van der Waals surface area contributed by atoms with Gasteiger partial charge >= 0.3 is 5.97 Å². The molecular formula is C16H14Cl2N4O3. The molecule has 3 rings (SSSR count). The Morgan fingerprint density at radius 3 is 2.68 bits per heavy atom. The number of methoxy groups -OCH3 is 1. The number of hydrogen-bond acceptors (Lipinski definition) is 6. The van der Waals surface area contributed by atoms with Crippen molar-refractivity contribution in [1.82, 2.24) is 10.2 Å². The van der Waals surface area contributed by atoms with Crippen molar-refractivity contribution in [3.8, 4) is 0 Å². The normalized spacial score (nSPS) is 16.8. The van der Waals surface area contributed by atoms with Gasteiger partial charge in [0.1, 0.15) is 11.9 Å². The second-order valence-electron chi connectivity index (χ2n) is 5.37. The van der Waals surface area contributed by atoms with Crippen molar-refractivity contribution in [3.63, 3.8) is 0 Å². The Bertz CT molecular complexity index is 814. The van der Waals surface area contributed by atoms with E-state index in [4.69, 9.17) is 23.2 Å². The van der Waals surface area contributed by atoms with Gasteiger partial charge in [0.25, 0.3) is 0 Å². The van der Waals surface area contributed by atoms with Crippen molar-refractivity contribution in [3.05, 3.63) is 46.1 Å². The summed E-state index contributed by atoms with van der Waals surface area (Å²) in [7, 11) is 1.27. The molecule has 1 atom stereocenters. The predicted molar refractivity (Wildman–Crippen MR) is 94.2 cm³/mol. The summed E-state index contributed by atoms with van der Waals surface area (Å²) in [5.74, 6) is -0.263. The number of esters is 1. The zero-order chi connectivity index (χ0) is 18.0. The Morgan fingerprint density at radius 2 is 2.04 bits per heavy atom. The van der Waals surface area contributed by atoms with Crippen LogP contribution in [0.25, 0.3) is 0 Å². The Balaban J connectivity index is 1.69. The molecular weight excluding hydrogens is 367 g/mol. The van der Waals surface area contributed by atoms with Crippen molar-refractivity contribution in [2.45, 2.75) is 12.5 Å². The van der Waals surface area contributed by atoms with E-state index in [1.54, 1.807) is 29.2 Å². The summed E-state index contributed by atoms with van der Waals surface area (Å²) in [5.41, 5.74) is 0.791. The Hall–Kier alpha value is -2.38. The third-order valence-electron chi connectivity index (χ3n) is 3.80. The van der Waals surface area contributed by atoms with E-state index >= 15 is 0 Å². The maximum absolute atomic E-state index is 12.6. The molecule has 0 spiro atoms. The van der Waals surface area contributed by atoms with E-state index in [2.05, 4.69) is 20.3 Å². The molecule has 0 saturated carbocycles. The van der Waals surface area contributed by atoms with Crippen molar-refractivity contribution < 1.29 is 14.3 Å². The van der Waals surface area contributed by atoms with Gasteiger partial charge in [-0.2, -0.15) is 0 Å². The van der Waals surface area contributed by atoms with Crippen molar-refractivity contribution in [2.24, 2.45) is 0 Å². The van der Waals surface area contributed by atoms with Gasteiger partial charge in [0.15, 0.2) is 5.69 Å². The van der Waals surface area contributed by atoms with Crippen LogP contribution in [0.1, 0.15) is 16.9 Å². The van der Waals surface area contributed by atoms with Crippen molar-refractivity contribution in [2.75, 3.05) is 23.9 Å². The highest BCUT2D eigenvalue weighted by Gasteiger charge is 2.33. The van der Waals surface area contributed by atoms with Gasteiger partial charge in [0.05, 0.1) is 17.2 Å². The number of amides is 1. The zero-order valence-electron chi connectivity index (χ0n) is 13.2. The molecule has 1 fully saturated rings. The van der Waals surface area contributed by atoms with E-state index in [0.717, 1.165) is 0 Å². The highest BCUT2D eigenvalue weighted by Crippen LogP contribution is 2.30. The maximum Gasteiger partial charge on any atom is 0.358 e. The van der Waals surface area contributed by atoms with Crippen LogP contribution in [-0.2, 0) is 9.53 Å². The zero-order valence-corrected chi connectivity index (χ0v) is 14.7. The first kappa shape index (κ1) is 17.4. The SMILES string of the molecule is COC(=O)c1ccc(NC2CCN(c3ccc(Cl)c(Cl)c3)C2=O)nn1. The standard InChI is InChI=1S/C16H14Cl2N4O3/c1-25-16(24)13-4-5-14(21-20-13)19-12-6-7-22(15(12)23)9-2-3-10(17)11(18)8-9/h2-5,8,12H,6-7H2,1H3,(H,19,21). The fourth-order valence-electron chi connectivity index (χ4n) is 2.52. The fourth-order valence-corrected chi connectivity index (χ4v) is 2.82. The first-order valence-electron chi connectivity index (χ1n) is 7.44. The van der Waals surface area contributed by atoms with Crippen LogP contribution in [0.2, 0.25) is 10.0 Å². The van der Waals surface area contributed by atoms with Gasteiger partial charge in [-0.1, -0.05) is 23.2 Å². The number of nitrogens with one attached hydrogen (secondary N) is 1. The van der Waals surface area contributed by atoms with Crippen LogP contribution >= 0.6 is 23.2 Å². The number of ether oxygens (including phenoxy) is 1. The summed E-state index contributed by atoms with van der Waals surface area (Å²) in [6.45, 7) is 0.544. The number of rotatable bonds is 4. The first-order chi connectivity index (χ1) is 12.0. The summed E-state index contributed by atoms with van der Waals surface area (Å²) in [6, 6.07) is 7.69. The van der Waals surface area contributed by atoms with Crippen LogP contribution in [0.4, 0.5) is 11.5 Å². The van der Waals surface area contributed by atoms with Gasteiger partial charge in [-0.3, -0.25) is 4.79 Å². The first-order valence-corrected chi connectivity index (χ1v) is 8.20. The van der Waals surface area contributed by atoms with E-state index < -0.39 is 12.0 Å². The van der Waals surface area contributed by atoms with E-state index in [0.29, 0.717) is 34.5 Å². The van der Waals surface area contributed by atoms with Crippen LogP contribution < -0.4 is 10.2 Å². The average molecular weight is 381 g/mol. The number of benzene rings is 1. The van der Waals surface area contributed by atoms with Gasteiger partial charge in [0.2, 0.25) is 5.91 Å². The summed E-state index contributed by atoms with van der Waals surface area (Å²) in [6.07, 6.45) is 0.597. The third kappa shape index (κ3) is 3.67. The Morgan fingerprint density at radius 1 is 1.24 bits per heavy atom. The molecule has 130 valence electrons. The lowest BCUT2D eigenvalue weighted by atomic mass is 10.2. The minimum atomic E-state index is -0.568. The Labute approximate surface area is 153 Å². The number of halogens is 2. The molecule has 1 aliphatic rings. The summed E-state index contributed by atoms with van der Waals surface area (Å²) in [5, 5.41) is 11.5. The lowest BCUT2D eigenvalue weighted by molar-refractivity contribution is -0.117. The molecule has 1 N–H and O–H groups in total. The molecule has 9 heteroatoms. The minimum Gasteiger partial charge on any atom is -0.464 e. The summed E-state index contributed by atoms with van der Waals surface area (Å²) >= 11 is 11.9. The molecule has 2 heterocycles. The number of aromatic nitrogens is 2. The number of anilines is 2. The van der Waals surface area contributed by atoms with Crippen LogP contribution in [0, 0.1) is 0 Å². The Kier molecular flexibility index (Phi) is 5.06. The lowest BCUT2D eigenvalue weighted by Crippen LogP contribution is -2.33. The highest BCUT2D eigenvalue weighted by atomic mass is 35.5. The average Bonchev–Trinajstić information content (AvgIpc) is 2.98. The van der Waals surface area contributed by atoms with E-state index in [-0.39, 0.29) is 11.6 Å². The molecule has 7 nitrogen and oxygen atoms in total. The molecule has 1 aromatic heterocycles. The van der Waals surface area contributed by atoms with Crippen LogP contribution in [0.3, 0.4) is 0 Å². The predicted octanol–water partition coefficient (Wildman–Crippen LogP) is 2.79. The second kappa shape index (κ2) is 7.25. The minimum absolute atomic E-state index is 0.0998. The topological polar surface area (TPSA) is 84.4 Å². The van der Waals surface area contributed by atoms with Gasteiger partial charge in [-0.25, -0.2) is 4.79 Å². The van der Waals surface area contributed by atoms with E-state index in [1.807, 2.05) is 0 Å². The molecule has 1 aliphatic heterocycles. The number of hydrogen-bond donors (Lipinski definition) is 1.